The fourth-order valence-corrected chi connectivity index (χ4v) is 4.08. The maximum absolute atomic E-state index is 12.4. The Morgan fingerprint density at radius 2 is 1.76 bits per heavy atom. The van der Waals surface area contributed by atoms with Crippen molar-refractivity contribution in [1.29, 1.82) is 0 Å². The number of carbonyl (C=O) groups excluding carboxylic acids is 2. The summed E-state index contributed by atoms with van der Waals surface area (Å²) in [6.07, 6.45) is 0. The number of nitrogens with zero attached hydrogens (tertiary/aromatic N) is 3. The molecule has 2 heterocycles. The van der Waals surface area contributed by atoms with Gasteiger partial charge in [0.15, 0.2) is 0 Å². The van der Waals surface area contributed by atoms with E-state index >= 15 is 0 Å². The molecule has 8 nitrogen and oxygen atoms in total. The van der Waals surface area contributed by atoms with E-state index in [9.17, 15) is 9.59 Å². The number of anilines is 1. The second-order valence-electron chi connectivity index (χ2n) is 8.54. The quantitative estimate of drug-likeness (QED) is 0.448. The van der Waals surface area contributed by atoms with Crippen molar-refractivity contribution in [3.05, 3.63) is 65.0 Å². The Bertz CT molecular complexity index is 1280. The number of hydrogen-bond acceptors (Lipinski definition) is 6. The standard InChI is InChI=1S/C24H25N5O3S/c1-24(2,3)17-9-5-16(6-10-17)21(31)25-13-20(30)26-22-27-23-29(28-22)19(14-33-23)15-7-11-18(32-4)12-8-15/h5-12,14H,13H2,1-4H3,(H,25,31)(H,26,28,30). The topological polar surface area (TPSA) is 97.6 Å². The highest BCUT2D eigenvalue weighted by Crippen LogP contribution is 2.27. The zero-order valence-electron chi connectivity index (χ0n) is 18.9. The third-order valence-corrected chi connectivity index (χ3v) is 5.96. The van der Waals surface area contributed by atoms with Crippen molar-refractivity contribution in [1.82, 2.24) is 19.9 Å². The summed E-state index contributed by atoms with van der Waals surface area (Å²) >= 11 is 1.42. The monoisotopic (exact) mass is 463 g/mol. The number of thiazole rings is 1. The molecule has 0 radical (unpaired) electrons. The molecule has 2 aromatic carbocycles. The maximum Gasteiger partial charge on any atom is 0.251 e. The molecule has 0 spiro atoms. The molecule has 4 aromatic rings. The number of carbonyl (C=O) groups is 2. The van der Waals surface area contributed by atoms with Crippen LogP contribution in [0, 0.1) is 0 Å². The van der Waals surface area contributed by atoms with Crippen molar-refractivity contribution in [2.24, 2.45) is 0 Å². The van der Waals surface area contributed by atoms with Gasteiger partial charge in [-0.15, -0.1) is 16.4 Å². The molecule has 0 saturated heterocycles. The van der Waals surface area contributed by atoms with Gasteiger partial charge in [-0.2, -0.15) is 4.98 Å². The third-order valence-electron chi connectivity index (χ3n) is 5.14. The molecule has 33 heavy (non-hydrogen) atoms. The Hall–Kier alpha value is -3.72. The van der Waals surface area contributed by atoms with Gasteiger partial charge >= 0.3 is 0 Å². The number of rotatable bonds is 6. The minimum Gasteiger partial charge on any atom is -0.497 e. The zero-order valence-corrected chi connectivity index (χ0v) is 19.7. The summed E-state index contributed by atoms with van der Waals surface area (Å²) in [5, 5.41) is 11.6. The minimum absolute atomic E-state index is 0.00739. The van der Waals surface area contributed by atoms with Gasteiger partial charge in [-0.3, -0.25) is 14.9 Å². The lowest BCUT2D eigenvalue weighted by atomic mass is 9.87. The van der Waals surface area contributed by atoms with Gasteiger partial charge in [0.05, 0.1) is 19.3 Å². The van der Waals surface area contributed by atoms with Crippen LogP contribution in [-0.4, -0.2) is 40.1 Å². The van der Waals surface area contributed by atoms with Gasteiger partial charge in [-0.05, 0) is 47.4 Å². The second-order valence-corrected chi connectivity index (χ2v) is 9.37. The average Bonchev–Trinajstić information content (AvgIpc) is 3.37. The predicted octanol–water partition coefficient (Wildman–Crippen LogP) is 4.13. The highest BCUT2D eigenvalue weighted by atomic mass is 32.1. The lowest BCUT2D eigenvalue weighted by molar-refractivity contribution is -0.115. The molecule has 0 unspecified atom stereocenters. The van der Waals surface area contributed by atoms with Crippen LogP contribution in [0.5, 0.6) is 5.75 Å². The van der Waals surface area contributed by atoms with E-state index in [0.29, 0.717) is 10.5 Å². The van der Waals surface area contributed by atoms with Gasteiger partial charge in [-0.1, -0.05) is 32.9 Å². The SMILES string of the molecule is COc1ccc(-c2csc3nc(NC(=O)CNC(=O)c4ccc(C(C)(C)C)cc4)nn23)cc1. The fourth-order valence-electron chi connectivity index (χ4n) is 3.25. The molecule has 9 heteroatoms. The van der Waals surface area contributed by atoms with Crippen LogP contribution in [0.2, 0.25) is 0 Å². The van der Waals surface area contributed by atoms with Crippen molar-refractivity contribution in [2.45, 2.75) is 26.2 Å². The van der Waals surface area contributed by atoms with Crippen molar-refractivity contribution in [3.63, 3.8) is 0 Å². The van der Waals surface area contributed by atoms with E-state index in [2.05, 4.69) is 41.5 Å². The largest absolute Gasteiger partial charge is 0.497 e. The summed E-state index contributed by atoms with van der Waals surface area (Å²) < 4.78 is 6.88. The van der Waals surface area contributed by atoms with E-state index in [4.69, 9.17) is 4.74 Å². The average molecular weight is 464 g/mol. The highest BCUT2D eigenvalue weighted by molar-refractivity contribution is 7.15. The number of nitrogens with one attached hydrogen (secondary N) is 2. The molecule has 2 N–H and O–H groups in total. The van der Waals surface area contributed by atoms with Gasteiger partial charge in [0.1, 0.15) is 5.75 Å². The Balaban J connectivity index is 1.38. The number of benzene rings is 2. The molecule has 2 amide bonds. The minimum atomic E-state index is -0.404. The van der Waals surface area contributed by atoms with Gasteiger partial charge in [0.2, 0.25) is 10.9 Å². The number of amides is 2. The van der Waals surface area contributed by atoms with E-state index in [-0.39, 0.29) is 23.8 Å². The molecule has 2 aromatic heterocycles. The Kier molecular flexibility index (Phi) is 6.15. The highest BCUT2D eigenvalue weighted by Gasteiger charge is 2.16. The summed E-state index contributed by atoms with van der Waals surface area (Å²) in [6.45, 7) is 6.15. The molecule has 0 aliphatic heterocycles. The van der Waals surface area contributed by atoms with E-state index < -0.39 is 5.91 Å². The Labute approximate surface area is 195 Å². The van der Waals surface area contributed by atoms with Crippen LogP contribution in [0.4, 0.5) is 5.95 Å². The second kappa shape index (κ2) is 9.03. The van der Waals surface area contributed by atoms with E-state index in [1.54, 1.807) is 23.8 Å². The van der Waals surface area contributed by atoms with Gasteiger partial charge in [0.25, 0.3) is 11.9 Å². The van der Waals surface area contributed by atoms with Crippen LogP contribution in [-0.2, 0) is 10.2 Å². The van der Waals surface area contributed by atoms with Gasteiger partial charge < -0.3 is 10.1 Å². The van der Waals surface area contributed by atoms with Crippen LogP contribution in [0.1, 0.15) is 36.7 Å². The fraction of sp³-hybridized carbons (Fsp3) is 0.250. The lowest BCUT2D eigenvalue weighted by Gasteiger charge is -2.19. The van der Waals surface area contributed by atoms with Crippen LogP contribution in [0.25, 0.3) is 16.2 Å². The van der Waals surface area contributed by atoms with Crippen LogP contribution >= 0.6 is 11.3 Å². The van der Waals surface area contributed by atoms with E-state index in [1.807, 2.05) is 41.8 Å². The van der Waals surface area contributed by atoms with E-state index in [1.165, 1.54) is 11.3 Å². The summed E-state index contributed by atoms with van der Waals surface area (Å²) in [7, 11) is 1.62. The molecular formula is C24H25N5O3S. The summed E-state index contributed by atoms with van der Waals surface area (Å²) in [5.41, 5.74) is 3.46. The van der Waals surface area contributed by atoms with E-state index in [0.717, 1.165) is 22.6 Å². The number of fused-ring (bicyclic) bond motifs is 1. The molecule has 0 bridgehead atoms. The van der Waals surface area contributed by atoms with Crippen LogP contribution in [0.3, 0.4) is 0 Å². The smallest absolute Gasteiger partial charge is 0.251 e. The molecule has 0 fully saturated rings. The number of methoxy groups -OCH3 is 1. The molecular weight excluding hydrogens is 438 g/mol. The van der Waals surface area contributed by atoms with Crippen molar-refractivity contribution < 1.29 is 14.3 Å². The number of ether oxygens (including phenoxy) is 1. The first-order valence-corrected chi connectivity index (χ1v) is 11.3. The summed E-state index contributed by atoms with van der Waals surface area (Å²) in [5.74, 6) is 0.236. The Morgan fingerprint density at radius 1 is 1.06 bits per heavy atom. The summed E-state index contributed by atoms with van der Waals surface area (Å²) in [6, 6.07) is 15.0. The first-order valence-electron chi connectivity index (χ1n) is 10.4. The van der Waals surface area contributed by atoms with Gasteiger partial charge in [-0.25, -0.2) is 4.52 Å². The zero-order chi connectivity index (χ0) is 23.6. The molecule has 0 aliphatic rings. The van der Waals surface area contributed by atoms with Crippen molar-refractivity contribution in [2.75, 3.05) is 19.0 Å². The first kappa shape index (κ1) is 22.5. The lowest BCUT2D eigenvalue weighted by Crippen LogP contribution is -2.33. The van der Waals surface area contributed by atoms with Crippen molar-refractivity contribution in [3.8, 4) is 17.0 Å². The molecule has 170 valence electrons. The number of aromatic nitrogens is 3. The molecule has 0 atom stereocenters. The maximum atomic E-state index is 12.4. The molecule has 4 rings (SSSR count). The third kappa shape index (κ3) is 5.04. The van der Waals surface area contributed by atoms with Crippen LogP contribution in [0.15, 0.2) is 53.9 Å². The first-order chi connectivity index (χ1) is 15.7. The molecule has 0 saturated carbocycles. The van der Waals surface area contributed by atoms with Crippen molar-refractivity contribution >= 4 is 34.1 Å². The summed E-state index contributed by atoms with van der Waals surface area (Å²) in [4.78, 5) is 29.7. The van der Waals surface area contributed by atoms with Crippen LogP contribution < -0.4 is 15.4 Å². The molecule has 0 aliphatic carbocycles. The number of hydrogen-bond donors (Lipinski definition) is 2. The Morgan fingerprint density at radius 3 is 2.39 bits per heavy atom. The normalized spacial score (nSPS) is 11.4. The van der Waals surface area contributed by atoms with Gasteiger partial charge in [0, 0.05) is 16.5 Å². The predicted molar refractivity (Wildman–Crippen MR) is 129 cm³/mol.